The molecular formula is C48H40IrN4OSSi-2. The molecule has 0 amide bonds. The minimum Gasteiger partial charge on any atom is -0.486 e. The van der Waals surface area contributed by atoms with Crippen molar-refractivity contribution in [1.82, 2.24) is 19.5 Å². The van der Waals surface area contributed by atoms with Crippen LogP contribution in [0.3, 0.4) is 0 Å². The van der Waals surface area contributed by atoms with Gasteiger partial charge in [0.05, 0.1) is 30.5 Å². The van der Waals surface area contributed by atoms with Crippen LogP contribution >= 0.6 is 11.3 Å². The summed E-state index contributed by atoms with van der Waals surface area (Å²) in [6.07, 6.45) is 2.00. The summed E-state index contributed by atoms with van der Waals surface area (Å²) in [7, 11) is -1.29. The van der Waals surface area contributed by atoms with Crippen LogP contribution in [0, 0.1) is 19.1 Å². The number of hydrogen-bond acceptors (Lipinski definition) is 5. The van der Waals surface area contributed by atoms with Gasteiger partial charge in [0.2, 0.25) is 5.71 Å². The van der Waals surface area contributed by atoms with Crippen LogP contribution in [0.5, 0.6) is 0 Å². The van der Waals surface area contributed by atoms with Crippen LogP contribution in [-0.2, 0) is 20.1 Å². The second-order valence-electron chi connectivity index (χ2n) is 15.2. The third-order valence-corrected chi connectivity index (χ3v) is 13.3. The Bertz CT molecular complexity index is 3010. The Labute approximate surface area is 346 Å². The Hall–Kier alpha value is -5.24. The Morgan fingerprint density at radius 2 is 1.59 bits per heavy atom. The van der Waals surface area contributed by atoms with E-state index in [0.717, 1.165) is 67.0 Å². The number of imidazole rings is 1. The Morgan fingerprint density at radius 1 is 0.786 bits per heavy atom. The second-order valence-corrected chi connectivity index (χ2v) is 21.4. The summed E-state index contributed by atoms with van der Waals surface area (Å²) in [6, 6.07) is 48.4. The molecule has 1 radical (unpaired) electrons. The largest absolute Gasteiger partial charge is 0.486 e. The molecule has 5 aromatic carbocycles. The molecule has 279 valence electrons. The first-order valence-corrected chi connectivity index (χ1v) is 22.8. The number of furan rings is 1. The number of benzene rings is 5. The summed E-state index contributed by atoms with van der Waals surface area (Å²) in [5, 5.41) is 5.91. The first kappa shape index (κ1) is 36.4. The topological polar surface area (TPSA) is 56.7 Å². The summed E-state index contributed by atoms with van der Waals surface area (Å²) in [5.41, 5.74) is 9.08. The van der Waals surface area contributed by atoms with Crippen molar-refractivity contribution in [1.29, 1.82) is 0 Å². The van der Waals surface area contributed by atoms with Gasteiger partial charge in [0.25, 0.3) is 0 Å². The molecule has 0 aliphatic rings. The molecule has 0 saturated heterocycles. The summed E-state index contributed by atoms with van der Waals surface area (Å²) >= 11 is 1.82. The van der Waals surface area contributed by atoms with Crippen LogP contribution in [0.15, 0.2) is 132 Å². The van der Waals surface area contributed by atoms with E-state index >= 15 is 0 Å². The van der Waals surface area contributed by atoms with Gasteiger partial charge in [-0.05, 0) is 66.3 Å². The maximum atomic E-state index is 8.01. The molecule has 10 aromatic rings. The van der Waals surface area contributed by atoms with Gasteiger partial charge in [0.1, 0.15) is 0 Å². The maximum absolute atomic E-state index is 8.01. The zero-order valence-corrected chi connectivity index (χ0v) is 36.3. The van der Waals surface area contributed by atoms with Crippen molar-refractivity contribution in [2.24, 2.45) is 0 Å². The van der Waals surface area contributed by atoms with Gasteiger partial charge >= 0.3 is 0 Å². The molecule has 10 rings (SSSR count). The fourth-order valence-corrected chi connectivity index (χ4v) is 9.20. The number of fused-ring (bicyclic) bond motifs is 7. The molecule has 5 heterocycles. The monoisotopic (exact) mass is 942 g/mol. The summed E-state index contributed by atoms with van der Waals surface area (Å²) in [6.45, 7) is 12.7. The quantitative estimate of drug-likeness (QED) is 0.127. The fourth-order valence-electron chi connectivity index (χ4n) is 7.08. The van der Waals surface area contributed by atoms with Crippen molar-refractivity contribution in [2.45, 2.75) is 46.3 Å². The first-order chi connectivity index (χ1) is 26.9. The molecule has 0 aliphatic carbocycles. The zero-order chi connectivity index (χ0) is 38.8. The van der Waals surface area contributed by atoms with Gasteiger partial charge in [-0.1, -0.05) is 92.8 Å². The molecule has 0 aliphatic heterocycles. The van der Waals surface area contributed by atoms with Crippen molar-refractivity contribution >= 4 is 77.9 Å². The van der Waals surface area contributed by atoms with E-state index in [-0.39, 0.29) is 20.1 Å². The number of hydrogen-bond donors (Lipinski definition) is 0. The van der Waals surface area contributed by atoms with E-state index in [1.165, 1.54) is 25.4 Å². The Morgan fingerprint density at radius 3 is 2.36 bits per heavy atom. The molecule has 5 aromatic heterocycles. The van der Waals surface area contributed by atoms with Gasteiger partial charge in [-0.25, -0.2) is 4.98 Å². The van der Waals surface area contributed by atoms with Gasteiger partial charge in [-0.2, -0.15) is 0 Å². The van der Waals surface area contributed by atoms with Gasteiger partial charge in [0.15, 0.2) is 0 Å². The van der Waals surface area contributed by atoms with Crippen molar-refractivity contribution in [3.63, 3.8) is 0 Å². The smallest absolute Gasteiger partial charge is 0.216 e. The number of nitrogens with zero attached hydrogens (tertiary/aromatic N) is 4. The minimum atomic E-state index is -1.29. The molecule has 8 heteroatoms. The van der Waals surface area contributed by atoms with Gasteiger partial charge in [-0.3, -0.25) is 4.98 Å². The third kappa shape index (κ3) is 6.92. The minimum absolute atomic E-state index is 0. The molecule has 0 atom stereocenters. The molecule has 0 unspecified atom stereocenters. The van der Waals surface area contributed by atoms with Crippen LogP contribution < -0.4 is 5.19 Å². The summed E-state index contributed by atoms with van der Waals surface area (Å²) in [4.78, 5) is 14.3. The van der Waals surface area contributed by atoms with E-state index in [0.29, 0.717) is 5.71 Å². The van der Waals surface area contributed by atoms with Crippen LogP contribution in [0.2, 0.25) is 19.6 Å². The SMILES string of the molecule is Cc1ccc2c(n1)oc1c(-c3nc4ccccc4n3-c3ccc4sc5ccccc5c4c3)[c-]ccc12.[2H]C(C)(C)c1c[c-]c(-c2ccc([Si](C)(C)C)cn2)cc1.[Ir]. The second kappa shape index (κ2) is 15.0. The number of thiophene rings is 1. The average Bonchev–Trinajstić information content (AvgIpc) is 3.88. The average molecular weight is 942 g/mol. The van der Waals surface area contributed by atoms with Crippen molar-refractivity contribution in [3.8, 4) is 28.3 Å². The van der Waals surface area contributed by atoms with Crippen LogP contribution in [0.1, 0.15) is 32.4 Å². The van der Waals surface area contributed by atoms with Gasteiger partial charge < -0.3 is 14.0 Å². The fraction of sp³-hybridized carbons (Fsp3) is 0.146. The van der Waals surface area contributed by atoms with Gasteiger partial charge in [0, 0.05) is 64.6 Å². The number of aromatic nitrogens is 4. The van der Waals surface area contributed by atoms with E-state index < -0.39 is 14.0 Å². The summed E-state index contributed by atoms with van der Waals surface area (Å²) in [5.74, 6) is 0.223. The van der Waals surface area contributed by atoms with E-state index in [1.807, 2.05) is 80.8 Å². The van der Waals surface area contributed by atoms with Crippen molar-refractivity contribution in [3.05, 3.63) is 151 Å². The number of aryl methyl sites for hydroxylation is 1. The van der Waals surface area contributed by atoms with E-state index in [9.17, 15) is 0 Å². The van der Waals surface area contributed by atoms with E-state index in [1.54, 1.807) is 0 Å². The number of para-hydroxylation sites is 2. The van der Waals surface area contributed by atoms with Crippen LogP contribution in [0.4, 0.5) is 0 Å². The predicted molar refractivity (Wildman–Crippen MR) is 234 cm³/mol. The first-order valence-electron chi connectivity index (χ1n) is 19.0. The summed E-state index contributed by atoms with van der Waals surface area (Å²) < 4.78 is 19.1. The molecule has 0 N–H and O–H groups in total. The van der Waals surface area contributed by atoms with Crippen molar-refractivity contribution < 1.29 is 25.9 Å². The van der Waals surface area contributed by atoms with Gasteiger partial charge in [-0.15, -0.1) is 64.9 Å². The molecule has 0 bridgehead atoms. The van der Waals surface area contributed by atoms with Crippen LogP contribution in [-0.4, -0.2) is 27.6 Å². The van der Waals surface area contributed by atoms with E-state index in [2.05, 4.69) is 125 Å². The van der Waals surface area contributed by atoms with Crippen LogP contribution in [0.25, 0.3) is 81.6 Å². The number of rotatable bonds is 5. The zero-order valence-electron chi connectivity index (χ0n) is 33.1. The Balaban J connectivity index is 0.000000186. The molecule has 0 saturated carbocycles. The molecular weight excluding hydrogens is 901 g/mol. The van der Waals surface area contributed by atoms with Crippen molar-refractivity contribution in [2.75, 3.05) is 0 Å². The molecule has 56 heavy (non-hydrogen) atoms. The normalized spacial score (nSPS) is 12.2. The van der Waals surface area contributed by atoms with E-state index in [4.69, 9.17) is 10.8 Å². The predicted octanol–water partition coefficient (Wildman–Crippen LogP) is 12.7. The Kier molecular flexibility index (Phi) is 9.76. The number of pyridine rings is 2. The maximum Gasteiger partial charge on any atom is 0.216 e. The molecule has 5 nitrogen and oxygen atoms in total. The standard InChI is InChI=1S/C31H18N3OS.C17H22NSi.Ir/c1-18-13-15-22-21-8-6-9-23(29(21)35-31(22)32-18)30-33-25-10-3-4-11-26(25)34(30)19-14-16-28-24(17-19)20-7-2-5-12-27(20)36-28;1-13(2)14-6-8-15(9-7-14)17-11-10-16(12-18-17)19(3,4)5;/h2-8,10-17H,1H3;6-8,10-13H,1-5H3;/q2*-1;/i;13D;. The third-order valence-electron chi connectivity index (χ3n) is 10.1. The molecule has 0 spiro atoms. The molecule has 0 fully saturated rings.